The SMILES string of the molecule is Nc1c(Cc2ccc(Br)cc2)c(Cl)nc2nonc12. The zero-order chi connectivity index (χ0) is 13.4. The van der Waals surface area contributed by atoms with Gasteiger partial charge in [-0.1, -0.05) is 39.7 Å². The monoisotopic (exact) mass is 338 g/mol. The lowest BCUT2D eigenvalue weighted by Crippen LogP contribution is -2.00. The summed E-state index contributed by atoms with van der Waals surface area (Å²) in [5, 5.41) is 7.69. The standard InChI is InChI=1S/C12H8BrClN4O/c13-7-3-1-6(2-4-7)5-8-9(15)10-12(16-11(8)14)18-19-17-10/h1-4H,5,15H2. The topological polar surface area (TPSA) is 77.8 Å². The van der Waals surface area contributed by atoms with E-state index in [1.54, 1.807) is 0 Å². The van der Waals surface area contributed by atoms with E-state index in [0.29, 0.717) is 28.4 Å². The number of anilines is 1. The van der Waals surface area contributed by atoms with Crippen molar-refractivity contribution in [1.29, 1.82) is 0 Å². The fourth-order valence-corrected chi connectivity index (χ4v) is 2.33. The summed E-state index contributed by atoms with van der Waals surface area (Å²) in [6.45, 7) is 0. The normalized spacial score (nSPS) is 11.1. The van der Waals surface area contributed by atoms with E-state index >= 15 is 0 Å². The van der Waals surface area contributed by atoms with Gasteiger partial charge >= 0.3 is 0 Å². The highest BCUT2D eigenvalue weighted by Crippen LogP contribution is 2.29. The highest BCUT2D eigenvalue weighted by Gasteiger charge is 2.15. The zero-order valence-electron chi connectivity index (χ0n) is 9.60. The molecule has 3 aromatic rings. The lowest BCUT2D eigenvalue weighted by Gasteiger charge is -2.07. The predicted octanol–water partition coefficient (Wildman–Crippen LogP) is 3.21. The van der Waals surface area contributed by atoms with Crippen LogP contribution < -0.4 is 5.73 Å². The Kier molecular flexibility index (Phi) is 3.12. The summed E-state index contributed by atoms with van der Waals surface area (Å²) in [5.74, 6) is 0. The second-order valence-electron chi connectivity index (χ2n) is 4.03. The molecule has 0 amide bonds. The number of benzene rings is 1. The van der Waals surface area contributed by atoms with Gasteiger partial charge in [0.15, 0.2) is 5.52 Å². The van der Waals surface area contributed by atoms with Crippen LogP contribution in [-0.4, -0.2) is 15.3 Å². The van der Waals surface area contributed by atoms with Crippen molar-refractivity contribution in [2.24, 2.45) is 0 Å². The number of hydrogen-bond donors (Lipinski definition) is 1. The minimum Gasteiger partial charge on any atom is -0.396 e. The maximum Gasteiger partial charge on any atom is 0.227 e. The number of rotatable bonds is 2. The van der Waals surface area contributed by atoms with Crippen LogP contribution in [0.5, 0.6) is 0 Å². The Hall–Kier alpha value is -1.66. The lowest BCUT2D eigenvalue weighted by atomic mass is 10.0. The van der Waals surface area contributed by atoms with Crippen LogP contribution in [0.25, 0.3) is 11.2 Å². The van der Waals surface area contributed by atoms with E-state index < -0.39 is 0 Å². The summed E-state index contributed by atoms with van der Waals surface area (Å²) in [5.41, 5.74) is 9.07. The fraction of sp³-hybridized carbons (Fsp3) is 0.0833. The minimum absolute atomic E-state index is 0.321. The molecule has 5 nitrogen and oxygen atoms in total. The summed E-state index contributed by atoms with van der Waals surface area (Å²) < 4.78 is 5.63. The maximum atomic E-state index is 6.14. The molecule has 3 rings (SSSR count). The van der Waals surface area contributed by atoms with Gasteiger partial charge in [-0.25, -0.2) is 9.61 Å². The van der Waals surface area contributed by atoms with Crippen molar-refractivity contribution in [2.45, 2.75) is 6.42 Å². The summed E-state index contributed by atoms with van der Waals surface area (Å²) in [7, 11) is 0. The summed E-state index contributed by atoms with van der Waals surface area (Å²) in [6.07, 6.45) is 0.577. The van der Waals surface area contributed by atoms with Gasteiger partial charge in [-0.2, -0.15) is 0 Å². The number of halogens is 2. The largest absolute Gasteiger partial charge is 0.396 e. The van der Waals surface area contributed by atoms with Crippen LogP contribution in [0.2, 0.25) is 5.15 Å². The smallest absolute Gasteiger partial charge is 0.227 e. The number of hydrogen-bond acceptors (Lipinski definition) is 5. The molecule has 2 N–H and O–H groups in total. The average Bonchev–Trinajstić information content (AvgIpc) is 2.85. The molecule has 2 aromatic heterocycles. The Morgan fingerprint density at radius 3 is 2.68 bits per heavy atom. The second-order valence-corrected chi connectivity index (χ2v) is 5.31. The third kappa shape index (κ3) is 2.29. The molecule has 1 aromatic carbocycles. The number of aromatic nitrogens is 3. The van der Waals surface area contributed by atoms with Gasteiger partial charge in [0.1, 0.15) is 5.15 Å². The molecule has 0 radical (unpaired) electrons. The van der Waals surface area contributed by atoms with Gasteiger partial charge in [0.05, 0.1) is 5.69 Å². The van der Waals surface area contributed by atoms with Gasteiger partial charge in [-0.3, -0.25) is 0 Å². The molecule has 0 unspecified atom stereocenters. The zero-order valence-corrected chi connectivity index (χ0v) is 11.9. The molecule has 96 valence electrons. The van der Waals surface area contributed by atoms with Gasteiger partial charge in [-0.15, -0.1) is 0 Å². The van der Waals surface area contributed by atoms with Crippen molar-refractivity contribution in [3.63, 3.8) is 0 Å². The first-order valence-corrected chi connectivity index (χ1v) is 6.63. The van der Waals surface area contributed by atoms with Gasteiger partial charge in [0.25, 0.3) is 0 Å². The van der Waals surface area contributed by atoms with Gasteiger partial charge in [-0.05, 0) is 28.0 Å². The van der Waals surface area contributed by atoms with Crippen molar-refractivity contribution >= 4 is 44.4 Å². The van der Waals surface area contributed by atoms with Crippen LogP contribution in [0, 0.1) is 0 Å². The Morgan fingerprint density at radius 1 is 1.21 bits per heavy atom. The van der Waals surface area contributed by atoms with Gasteiger partial charge in [0.2, 0.25) is 5.65 Å². The molecule has 0 saturated heterocycles. The first kappa shape index (κ1) is 12.4. The number of fused-ring (bicyclic) bond motifs is 1. The highest BCUT2D eigenvalue weighted by atomic mass is 79.9. The lowest BCUT2D eigenvalue weighted by molar-refractivity contribution is 0.315. The third-order valence-corrected chi connectivity index (χ3v) is 3.64. The van der Waals surface area contributed by atoms with E-state index in [9.17, 15) is 0 Å². The predicted molar refractivity (Wildman–Crippen MR) is 76.0 cm³/mol. The van der Waals surface area contributed by atoms with Crippen molar-refractivity contribution < 1.29 is 4.63 Å². The molecule has 0 aliphatic rings. The number of pyridine rings is 1. The van der Waals surface area contributed by atoms with Crippen LogP contribution in [0.15, 0.2) is 33.4 Å². The van der Waals surface area contributed by atoms with Crippen molar-refractivity contribution in [3.05, 3.63) is 45.0 Å². The van der Waals surface area contributed by atoms with E-state index in [1.165, 1.54) is 0 Å². The summed E-state index contributed by atoms with van der Waals surface area (Å²) in [6, 6.07) is 7.91. The maximum absolute atomic E-state index is 6.14. The van der Waals surface area contributed by atoms with Gasteiger partial charge < -0.3 is 5.73 Å². The van der Waals surface area contributed by atoms with E-state index in [4.69, 9.17) is 17.3 Å². The van der Waals surface area contributed by atoms with Crippen LogP contribution in [0.4, 0.5) is 5.69 Å². The minimum atomic E-state index is 0.321. The van der Waals surface area contributed by atoms with Crippen LogP contribution in [0.1, 0.15) is 11.1 Å². The Morgan fingerprint density at radius 2 is 1.95 bits per heavy atom. The summed E-state index contributed by atoms with van der Waals surface area (Å²) in [4.78, 5) is 4.12. The van der Waals surface area contributed by atoms with Gasteiger partial charge in [0, 0.05) is 16.5 Å². The Bertz CT molecular complexity index is 741. The molecule has 0 aliphatic carbocycles. The molecule has 0 fully saturated rings. The summed E-state index contributed by atoms with van der Waals surface area (Å²) >= 11 is 9.53. The third-order valence-electron chi connectivity index (χ3n) is 2.80. The van der Waals surface area contributed by atoms with Crippen LogP contribution >= 0.6 is 27.5 Å². The van der Waals surface area contributed by atoms with E-state index in [-0.39, 0.29) is 0 Å². The first-order chi connectivity index (χ1) is 9.15. The van der Waals surface area contributed by atoms with E-state index in [1.807, 2.05) is 24.3 Å². The molecule has 7 heteroatoms. The van der Waals surface area contributed by atoms with Crippen molar-refractivity contribution in [3.8, 4) is 0 Å². The number of nitrogen functional groups attached to an aromatic ring is 1. The highest BCUT2D eigenvalue weighted by molar-refractivity contribution is 9.10. The first-order valence-electron chi connectivity index (χ1n) is 5.45. The molecule has 0 saturated carbocycles. The molecule has 0 bridgehead atoms. The van der Waals surface area contributed by atoms with Crippen molar-refractivity contribution in [2.75, 3.05) is 5.73 Å². The van der Waals surface area contributed by atoms with Crippen molar-refractivity contribution in [1.82, 2.24) is 15.3 Å². The van der Waals surface area contributed by atoms with Crippen LogP contribution in [0.3, 0.4) is 0 Å². The van der Waals surface area contributed by atoms with Crippen LogP contribution in [-0.2, 0) is 6.42 Å². The fourth-order valence-electron chi connectivity index (χ4n) is 1.82. The Balaban J connectivity index is 2.06. The molecule has 0 aliphatic heterocycles. The van der Waals surface area contributed by atoms with E-state index in [0.717, 1.165) is 15.6 Å². The molecular weight excluding hydrogens is 332 g/mol. The molecule has 0 atom stereocenters. The average molecular weight is 340 g/mol. The second kappa shape index (κ2) is 4.79. The number of nitrogens with zero attached hydrogens (tertiary/aromatic N) is 3. The quantitative estimate of drug-likeness (QED) is 0.725. The van der Waals surface area contributed by atoms with E-state index in [2.05, 4.69) is 35.9 Å². The molecule has 2 heterocycles. The molecule has 0 spiro atoms. The molecular formula is C12H8BrClN4O. The Labute approximate surface area is 121 Å². The molecule has 19 heavy (non-hydrogen) atoms. The number of nitrogens with two attached hydrogens (primary N) is 1.